The maximum atomic E-state index is 11.0. The zero-order valence-corrected chi connectivity index (χ0v) is 9.81. The van der Waals surface area contributed by atoms with Crippen molar-refractivity contribution in [2.75, 3.05) is 7.05 Å². The molecule has 86 valence electrons. The molecule has 16 heavy (non-hydrogen) atoms. The van der Waals surface area contributed by atoms with E-state index < -0.39 is 5.97 Å². The van der Waals surface area contributed by atoms with E-state index in [0.29, 0.717) is 11.4 Å². The monoisotopic (exact) mass is 239 g/mol. The maximum Gasteiger partial charge on any atom is 0.320 e. The molecule has 0 bridgehead atoms. The number of rotatable bonds is 2. The summed E-state index contributed by atoms with van der Waals surface area (Å²) in [5.41, 5.74) is 1.02. The number of likely N-dealkylation sites (tertiary alicyclic amines) is 1. The van der Waals surface area contributed by atoms with Crippen LogP contribution in [-0.4, -0.2) is 29.1 Å². The van der Waals surface area contributed by atoms with Crippen LogP contribution >= 0.6 is 11.6 Å². The molecule has 1 fully saturated rings. The van der Waals surface area contributed by atoms with E-state index >= 15 is 0 Å². The molecule has 0 aromatic heterocycles. The van der Waals surface area contributed by atoms with Crippen LogP contribution in [0.3, 0.4) is 0 Å². The summed E-state index contributed by atoms with van der Waals surface area (Å²) in [4.78, 5) is 12.9. The van der Waals surface area contributed by atoms with E-state index in [9.17, 15) is 4.79 Å². The predicted molar refractivity (Wildman–Crippen MR) is 62.6 cm³/mol. The number of benzene rings is 1. The third-order valence-corrected chi connectivity index (χ3v) is 3.59. The van der Waals surface area contributed by atoms with E-state index in [0.717, 1.165) is 12.0 Å². The standard InChI is InChI=1S/C12H14ClNO2/c1-14-10(6-7-11(14)12(15)16)8-4-2-3-5-9(8)13/h2-5,10-11H,6-7H2,1H3,(H,15,16)/t10-,11+/m1/s1. The van der Waals surface area contributed by atoms with E-state index in [4.69, 9.17) is 16.7 Å². The van der Waals surface area contributed by atoms with Gasteiger partial charge in [-0.25, -0.2) is 0 Å². The summed E-state index contributed by atoms with van der Waals surface area (Å²) in [5, 5.41) is 9.76. The van der Waals surface area contributed by atoms with Gasteiger partial charge in [0.1, 0.15) is 6.04 Å². The number of carboxylic acids is 1. The second-order valence-electron chi connectivity index (χ2n) is 4.13. The first-order chi connectivity index (χ1) is 7.61. The SMILES string of the molecule is CN1[C@@H](c2ccccc2Cl)CC[C@H]1C(=O)O. The van der Waals surface area contributed by atoms with Crippen molar-refractivity contribution < 1.29 is 9.90 Å². The van der Waals surface area contributed by atoms with E-state index in [-0.39, 0.29) is 12.1 Å². The van der Waals surface area contributed by atoms with Gasteiger partial charge >= 0.3 is 5.97 Å². The Bertz CT molecular complexity index is 408. The van der Waals surface area contributed by atoms with Gasteiger partial charge in [-0.3, -0.25) is 9.69 Å². The Morgan fingerprint density at radius 2 is 2.12 bits per heavy atom. The molecule has 0 unspecified atom stereocenters. The minimum Gasteiger partial charge on any atom is -0.480 e. The third-order valence-electron chi connectivity index (χ3n) is 3.25. The zero-order valence-electron chi connectivity index (χ0n) is 9.06. The molecular formula is C12H14ClNO2. The van der Waals surface area contributed by atoms with Gasteiger partial charge in [0.2, 0.25) is 0 Å². The van der Waals surface area contributed by atoms with Crippen molar-refractivity contribution in [2.45, 2.75) is 24.9 Å². The van der Waals surface area contributed by atoms with Gasteiger partial charge in [-0.15, -0.1) is 0 Å². The van der Waals surface area contributed by atoms with Crippen molar-refractivity contribution in [1.82, 2.24) is 4.90 Å². The number of hydrogen-bond acceptors (Lipinski definition) is 2. The first-order valence-electron chi connectivity index (χ1n) is 5.30. The van der Waals surface area contributed by atoms with Crippen LogP contribution in [0, 0.1) is 0 Å². The lowest BCUT2D eigenvalue weighted by atomic mass is 10.0. The maximum absolute atomic E-state index is 11.0. The van der Waals surface area contributed by atoms with Crippen molar-refractivity contribution in [1.29, 1.82) is 0 Å². The van der Waals surface area contributed by atoms with Crippen LogP contribution in [0.4, 0.5) is 0 Å². The Hall–Kier alpha value is -1.06. The molecule has 1 aliphatic heterocycles. The molecule has 4 heteroatoms. The zero-order chi connectivity index (χ0) is 11.7. The molecule has 1 N–H and O–H groups in total. The van der Waals surface area contributed by atoms with Gasteiger partial charge < -0.3 is 5.11 Å². The molecule has 2 atom stereocenters. The van der Waals surface area contributed by atoms with Gasteiger partial charge in [-0.05, 0) is 31.5 Å². The number of nitrogens with zero attached hydrogens (tertiary/aromatic N) is 1. The quantitative estimate of drug-likeness (QED) is 0.862. The van der Waals surface area contributed by atoms with Crippen LogP contribution in [0.2, 0.25) is 5.02 Å². The fourth-order valence-corrected chi connectivity index (χ4v) is 2.62. The molecular weight excluding hydrogens is 226 g/mol. The molecule has 0 spiro atoms. The molecule has 1 aromatic carbocycles. The number of carboxylic acid groups (broad SMARTS) is 1. The van der Waals surface area contributed by atoms with E-state index in [2.05, 4.69) is 0 Å². The second kappa shape index (κ2) is 4.44. The first kappa shape index (κ1) is 11.4. The topological polar surface area (TPSA) is 40.5 Å². The number of halogens is 1. The molecule has 0 amide bonds. The Morgan fingerprint density at radius 1 is 1.44 bits per heavy atom. The normalized spacial score (nSPS) is 25.9. The molecule has 0 aliphatic carbocycles. The molecule has 1 aromatic rings. The molecule has 2 rings (SSSR count). The highest BCUT2D eigenvalue weighted by molar-refractivity contribution is 6.31. The molecule has 0 radical (unpaired) electrons. The van der Waals surface area contributed by atoms with E-state index in [1.165, 1.54) is 0 Å². The number of aliphatic carboxylic acids is 1. The molecule has 1 aliphatic rings. The average molecular weight is 240 g/mol. The highest BCUT2D eigenvalue weighted by Crippen LogP contribution is 2.37. The minimum atomic E-state index is -0.753. The molecule has 3 nitrogen and oxygen atoms in total. The lowest BCUT2D eigenvalue weighted by molar-refractivity contribution is -0.142. The summed E-state index contributed by atoms with van der Waals surface area (Å²) >= 11 is 6.12. The van der Waals surface area contributed by atoms with Crippen LogP contribution in [0.1, 0.15) is 24.4 Å². The summed E-state index contributed by atoms with van der Waals surface area (Å²) in [6.07, 6.45) is 1.53. The summed E-state index contributed by atoms with van der Waals surface area (Å²) < 4.78 is 0. The van der Waals surface area contributed by atoms with Gasteiger partial charge in [0, 0.05) is 11.1 Å². The molecule has 0 saturated carbocycles. The second-order valence-corrected chi connectivity index (χ2v) is 4.54. The van der Waals surface area contributed by atoms with Gasteiger partial charge in [-0.2, -0.15) is 0 Å². The fourth-order valence-electron chi connectivity index (χ4n) is 2.36. The minimum absolute atomic E-state index is 0.120. The van der Waals surface area contributed by atoms with E-state index in [1.807, 2.05) is 36.2 Å². The van der Waals surface area contributed by atoms with Crippen molar-refractivity contribution in [3.8, 4) is 0 Å². The first-order valence-corrected chi connectivity index (χ1v) is 5.68. The fraction of sp³-hybridized carbons (Fsp3) is 0.417. The number of hydrogen-bond donors (Lipinski definition) is 1. The largest absolute Gasteiger partial charge is 0.480 e. The smallest absolute Gasteiger partial charge is 0.320 e. The van der Waals surface area contributed by atoms with Crippen molar-refractivity contribution in [3.05, 3.63) is 34.9 Å². The number of carbonyl (C=O) groups is 1. The van der Waals surface area contributed by atoms with Crippen molar-refractivity contribution >= 4 is 17.6 Å². The van der Waals surface area contributed by atoms with Gasteiger partial charge in [0.25, 0.3) is 0 Å². The van der Waals surface area contributed by atoms with Crippen LogP contribution in [-0.2, 0) is 4.79 Å². The lowest BCUT2D eigenvalue weighted by Gasteiger charge is -2.24. The Morgan fingerprint density at radius 3 is 2.69 bits per heavy atom. The highest BCUT2D eigenvalue weighted by Gasteiger charge is 2.36. The summed E-state index contributed by atoms with van der Waals surface area (Å²) in [5.74, 6) is -0.753. The molecule has 1 saturated heterocycles. The molecule has 1 heterocycles. The summed E-state index contributed by atoms with van der Waals surface area (Å²) in [6.45, 7) is 0. The van der Waals surface area contributed by atoms with Crippen LogP contribution in [0.15, 0.2) is 24.3 Å². The van der Waals surface area contributed by atoms with Gasteiger partial charge in [0.15, 0.2) is 0 Å². The predicted octanol–water partition coefficient (Wildman–Crippen LogP) is 2.56. The lowest BCUT2D eigenvalue weighted by Crippen LogP contribution is -2.34. The number of likely N-dealkylation sites (N-methyl/N-ethyl adjacent to an activating group) is 1. The highest BCUT2D eigenvalue weighted by atomic mass is 35.5. The average Bonchev–Trinajstić information content (AvgIpc) is 2.61. The van der Waals surface area contributed by atoms with Gasteiger partial charge in [0.05, 0.1) is 0 Å². The Kier molecular flexibility index (Phi) is 3.17. The van der Waals surface area contributed by atoms with Crippen LogP contribution < -0.4 is 0 Å². The summed E-state index contributed by atoms with van der Waals surface area (Å²) in [6, 6.07) is 7.36. The van der Waals surface area contributed by atoms with E-state index in [1.54, 1.807) is 0 Å². The van der Waals surface area contributed by atoms with Crippen molar-refractivity contribution in [2.24, 2.45) is 0 Å². The van der Waals surface area contributed by atoms with Crippen LogP contribution in [0.5, 0.6) is 0 Å². The van der Waals surface area contributed by atoms with Crippen molar-refractivity contribution in [3.63, 3.8) is 0 Å². The summed E-state index contributed by atoms with van der Waals surface area (Å²) in [7, 11) is 1.85. The Labute approximate surface area is 99.6 Å². The van der Waals surface area contributed by atoms with Crippen LogP contribution in [0.25, 0.3) is 0 Å². The third kappa shape index (κ3) is 1.93. The Balaban J connectivity index is 2.25. The van der Waals surface area contributed by atoms with Gasteiger partial charge in [-0.1, -0.05) is 29.8 Å².